The highest BCUT2D eigenvalue weighted by Crippen LogP contribution is 2.35. The van der Waals surface area contributed by atoms with Crippen LogP contribution in [0.1, 0.15) is 29.5 Å². The molecule has 1 aliphatic heterocycles. The third kappa shape index (κ3) is 2.86. The van der Waals surface area contributed by atoms with Gasteiger partial charge in [-0.1, -0.05) is 29.8 Å². The van der Waals surface area contributed by atoms with Crippen molar-refractivity contribution in [2.24, 2.45) is 11.8 Å². The van der Waals surface area contributed by atoms with Gasteiger partial charge in [-0.05, 0) is 44.7 Å². The van der Waals surface area contributed by atoms with Crippen molar-refractivity contribution >= 4 is 23.4 Å². The van der Waals surface area contributed by atoms with E-state index in [1.807, 2.05) is 45.1 Å². The van der Waals surface area contributed by atoms with Crippen LogP contribution in [-0.4, -0.2) is 29.2 Å². The summed E-state index contributed by atoms with van der Waals surface area (Å²) in [6.07, 6.45) is 5.05. The number of amides is 3. The third-order valence-electron chi connectivity index (χ3n) is 4.84. The van der Waals surface area contributed by atoms with Crippen LogP contribution in [0.15, 0.2) is 24.3 Å². The molecule has 1 heterocycles. The Morgan fingerprint density at radius 3 is 2.04 bits per heavy atom. The Bertz CT molecular complexity index is 702. The first-order valence-electron chi connectivity index (χ1n) is 8.26. The Labute approximate surface area is 141 Å². The molecule has 1 aromatic rings. The quantitative estimate of drug-likeness (QED) is 0.685. The highest BCUT2D eigenvalue weighted by molar-refractivity contribution is 6.09. The van der Waals surface area contributed by atoms with Crippen molar-refractivity contribution in [1.82, 2.24) is 4.90 Å². The number of nitrogens with one attached hydrogen (secondary N) is 1. The van der Waals surface area contributed by atoms with Crippen molar-refractivity contribution in [2.75, 3.05) is 11.9 Å². The van der Waals surface area contributed by atoms with Gasteiger partial charge in [0, 0.05) is 5.69 Å². The molecule has 1 saturated heterocycles. The van der Waals surface area contributed by atoms with Crippen LogP contribution in [0.5, 0.6) is 0 Å². The molecule has 1 N–H and O–H groups in total. The van der Waals surface area contributed by atoms with Crippen molar-refractivity contribution in [2.45, 2.75) is 33.6 Å². The van der Waals surface area contributed by atoms with E-state index < -0.39 is 0 Å². The van der Waals surface area contributed by atoms with E-state index in [0.29, 0.717) is 12.8 Å². The maximum atomic E-state index is 12.4. The molecule has 3 rings (SSSR count). The number of carbonyl (C=O) groups is 3. The topological polar surface area (TPSA) is 66.5 Å². The van der Waals surface area contributed by atoms with E-state index in [1.165, 1.54) is 0 Å². The Balaban J connectivity index is 1.72. The number of nitrogens with zero attached hydrogens (tertiary/aromatic N) is 1. The summed E-state index contributed by atoms with van der Waals surface area (Å²) >= 11 is 0. The molecule has 2 atom stereocenters. The summed E-state index contributed by atoms with van der Waals surface area (Å²) in [5, 5.41) is 2.85. The lowest BCUT2D eigenvalue weighted by molar-refractivity contribution is -0.142. The number of benzene rings is 1. The van der Waals surface area contributed by atoms with Crippen molar-refractivity contribution in [3.63, 3.8) is 0 Å². The van der Waals surface area contributed by atoms with Crippen molar-refractivity contribution < 1.29 is 14.4 Å². The molecule has 0 radical (unpaired) electrons. The van der Waals surface area contributed by atoms with Gasteiger partial charge in [-0.3, -0.25) is 19.3 Å². The lowest BCUT2D eigenvalue weighted by Crippen LogP contribution is -2.38. The Hall–Kier alpha value is -2.43. The zero-order chi connectivity index (χ0) is 17.4. The summed E-state index contributed by atoms with van der Waals surface area (Å²) in [5.74, 6) is -1.36. The van der Waals surface area contributed by atoms with Gasteiger partial charge in [0.25, 0.3) is 0 Å². The van der Waals surface area contributed by atoms with Crippen molar-refractivity contribution in [3.05, 3.63) is 41.0 Å². The number of hydrogen-bond acceptors (Lipinski definition) is 3. The SMILES string of the molecule is Cc1cc(C)c(NC(=O)CN2C(=O)C3CC=CCC3C2=O)c(C)c1. The standard InChI is InChI=1S/C19H22N2O3/c1-11-8-12(2)17(13(3)9-11)20-16(22)10-21-18(23)14-6-4-5-7-15(14)19(21)24/h4-5,8-9,14-15H,6-7,10H2,1-3H3,(H,20,22). The van der Waals surface area contributed by atoms with Gasteiger partial charge in [-0.2, -0.15) is 0 Å². The molecule has 5 nitrogen and oxygen atoms in total. The molecule has 0 bridgehead atoms. The molecule has 5 heteroatoms. The number of rotatable bonds is 3. The molecule has 24 heavy (non-hydrogen) atoms. The molecule has 3 amide bonds. The molecule has 0 spiro atoms. The van der Waals surface area contributed by atoms with E-state index in [9.17, 15) is 14.4 Å². The minimum atomic E-state index is -0.335. The molecule has 2 aliphatic rings. The number of anilines is 1. The summed E-state index contributed by atoms with van der Waals surface area (Å²) in [6.45, 7) is 5.66. The predicted octanol–water partition coefficient (Wildman–Crippen LogP) is 2.50. The summed E-state index contributed by atoms with van der Waals surface area (Å²) in [5.41, 5.74) is 3.82. The molecule has 1 aromatic carbocycles. The Morgan fingerprint density at radius 2 is 1.54 bits per heavy atom. The smallest absolute Gasteiger partial charge is 0.244 e. The fraction of sp³-hybridized carbons (Fsp3) is 0.421. The average molecular weight is 326 g/mol. The summed E-state index contributed by atoms with van der Waals surface area (Å²) in [6, 6.07) is 3.99. The number of hydrogen-bond donors (Lipinski definition) is 1. The number of imide groups is 1. The zero-order valence-electron chi connectivity index (χ0n) is 14.3. The van der Waals surface area contributed by atoms with Crippen LogP contribution in [0.3, 0.4) is 0 Å². The molecule has 0 saturated carbocycles. The molecule has 1 fully saturated rings. The van der Waals surface area contributed by atoms with Gasteiger partial charge in [0.1, 0.15) is 6.54 Å². The number of fused-ring (bicyclic) bond motifs is 1. The fourth-order valence-electron chi connectivity index (χ4n) is 3.72. The maximum absolute atomic E-state index is 12.4. The van der Waals surface area contributed by atoms with Gasteiger partial charge in [-0.25, -0.2) is 0 Å². The normalized spacial score (nSPS) is 22.7. The second-order valence-electron chi connectivity index (χ2n) is 6.74. The maximum Gasteiger partial charge on any atom is 0.244 e. The van der Waals surface area contributed by atoms with E-state index in [4.69, 9.17) is 0 Å². The highest BCUT2D eigenvalue weighted by atomic mass is 16.2. The average Bonchev–Trinajstić information content (AvgIpc) is 2.76. The number of aryl methyl sites for hydroxylation is 3. The molecular formula is C19H22N2O3. The molecule has 2 unspecified atom stereocenters. The van der Waals surface area contributed by atoms with E-state index in [1.54, 1.807) is 0 Å². The van der Waals surface area contributed by atoms with Crippen molar-refractivity contribution in [3.8, 4) is 0 Å². The van der Waals surface area contributed by atoms with Gasteiger partial charge >= 0.3 is 0 Å². The van der Waals surface area contributed by atoms with Gasteiger partial charge in [0.2, 0.25) is 17.7 Å². The monoisotopic (exact) mass is 326 g/mol. The third-order valence-corrected chi connectivity index (χ3v) is 4.84. The molecule has 1 aliphatic carbocycles. The van der Waals surface area contributed by atoms with Gasteiger partial charge < -0.3 is 5.32 Å². The van der Waals surface area contributed by atoms with Crippen LogP contribution in [-0.2, 0) is 14.4 Å². The number of likely N-dealkylation sites (tertiary alicyclic amines) is 1. The molecule has 0 aromatic heterocycles. The number of allylic oxidation sites excluding steroid dienone is 2. The minimum Gasteiger partial charge on any atom is -0.324 e. The first kappa shape index (κ1) is 16.4. The van der Waals surface area contributed by atoms with Crippen LogP contribution in [0, 0.1) is 32.6 Å². The highest BCUT2D eigenvalue weighted by Gasteiger charge is 2.47. The Morgan fingerprint density at radius 1 is 1.04 bits per heavy atom. The Kier molecular flexibility index (Phi) is 4.26. The molecular weight excluding hydrogens is 304 g/mol. The van der Waals surface area contributed by atoms with Gasteiger partial charge in [-0.15, -0.1) is 0 Å². The second-order valence-corrected chi connectivity index (χ2v) is 6.74. The fourth-order valence-corrected chi connectivity index (χ4v) is 3.72. The van der Waals surface area contributed by atoms with Crippen LogP contribution >= 0.6 is 0 Å². The van der Waals surface area contributed by atoms with Gasteiger partial charge in [0.15, 0.2) is 0 Å². The summed E-state index contributed by atoms with van der Waals surface area (Å²) < 4.78 is 0. The van der Waals surface area contributed by atoms with Crippen LogP contribution in [0.25, 0.3) is 0 Å². The predicted molar refractivity (Wildman–Crippen MR) is 91.4 cm³/mol. The lowest BCUT2D eigenvalue weighted by atomic mass is 9.85. The minimum absolute atomic E-state index is 0.211. The van der Waals surface area contributed by atoms with E-state index in [0.717, 1.165) is 27.3 Å². The second kappa shape index (κ2) is 6.23. The zero-order valence-corrected chi connectivity index (χ0v) is 14.3. The first-order chi connectivity index (χ1) is 11.4. The summed E-state index contributed by atoms with van der Waals surface area (Å²) in [4.78, 5) is 38.3. The first-order valence-corrected chi connectivity index (χ1v) is 8.26. The largest absolute Gasteiger partial charge is 0.324 e. The van der Waals surface area contributed by atoms with Crippen LogP contribution < -0.4 is 5.32 Å². The lowest BCUT2D eigenvalue weighted by Gasteiger charge is -2.17. The van der Waals surface area contributed by atoms with E-state index in [-0.39, 0.29) is 36.1 Å². The van der Waals surface area contributed by atoms with Gasteiger partial charge in [0.05, 0.1) is 11.8 Å². The van der Waals surface area contributed by atoms with Crippen LogP contribution in [0.4, 0.5) is 5.69 Å². The van der Waals surface area contributed by atoms with Crippen molar-refractivity contribution in [1.29, 1.82) is 0 Å². The molecule has 126 valence electrons. The van der Waals surface area contributed by atoms with E-state index in [2.05, 4.69) is 5.32 Å². The number of carbonyl (C=O) groups excluding carboxylic acids is 3. The summed E-state index contributed by atoms with van der Waals surface area (Å²) in [7, 11) is 0. The van der Waals surface area contributed by atoms with Crippen LogP contribution in [0.2, 0.25) is 0 Å². The van der Waals surface area contributed by atoms with E-state index >= 15 is 0 Å².